The van der Waals surface area contributed by atoms with Gasteiger partial charge in [-0.2, -0.15) is 0 Å². The van der Waals surface area contributed by atoms with E-state index in [1.54, 1.807) is 44.4 Å². The molecule has 0 aliphatic heterocycles. The molecule has 0 aliphatic rings. The van der Waals surface area contributed by atoms with Crippen LogP contribution in [0.1, 0.15) is 11.1 Å². The molecule has 0 saturated carbocycles. The summed E-state index contributed by atoms with van der Waals surface area (Å²) in [7, 11) is -2.05. The summed E-state index contributed by atoms with van der Waals surface area (Å²) in [5.74, 6) is 0.321. The number of aryl methyl sites for hydroxylation is 1. The molecule has 6 nitrogen and oxygen atoms in total. The van der Waals surface area contributed by atoms with E-state index in [2.05, 4.69) is 5.32 Å². The lowest BCUT2D eigenvalue weighted by Gasteiger charge is -2.23. The number of carbonyl (C=O) groups is 1. The second kappa shape index (κ2) is 8.42. The molecule has 0 atom stereocenters. The van der Waals surface area contributed by atoms with Crippen LogP contribution in [-0.4, -0.2) is 34.2 Å². The highest BCUT2D eigenvalue weighted by Gasteiger charge is 2.22. The van der Waals surface area contributed by atoms with Crippen LogP contribution in [-0.2, 0) is 21.4 Å². The van der Waals surface area contributed by atoms with Gasteiger partial charge in [0.1, 0.15) is 12.3 Å². The Morgan fingerprint density at radius 1 is 1.19 bits per heavy atom. The molecule has 0 spiro atoms. The summed E-state index contributed by atoms with van der Waals surface area (Å²) < 4.78 is 30.5. The normalized spacial score (nSPS) is 11.1. The van der Waals surface area contributed by atoms with Crippen molar-refractivity contribution in [2.45, 2.75) is 13.5 Å². The third-order valence-electron chi connectivity index (χ3n) is 3.76. The number of rotatable bonds is 7. The zero-order valence-electron chi connectivity index (χ0n) is 14.8. The van der Waals surface area contributed by atoms with Gasteiger partial charge in [0.25, 0.3) is 0 Å². The summed E-state index contributed by atoms with van der Waals surface area (Å²) in [6, 6.07) is 12.1. The van der Waals surface area contributed by atoms with Crippen molar-refractivity contribution in [3.8, 4) is 5.75 Å². The molecule has 2 aromatic carbocycles. The molecule has 26 heavy (non-hydrogen) atoms. The number of halogens is 1. The number of ether oxygens (including phenoxy) is 1. The Labute approximate surface area is 158 Å². The minimum Gasteiger partial charge on any atom is -0.497 e. The third-order valence-corrected chi connectivity index (χ3v) is 5.13. The summed E-state index contributed by atoms with van der Waals surface area (Å²) in [4.78, 5) is 12.3. The van der Waals surface area contributed by atoms with Gasteiger partial charge in [0.15, 0.2) is 0 Å². The van der Waals surface area contributed by atoms with Crippen molar-refractivity contribution in [3.63, 3.8) is 0 Å². The van der Waals surface area contributed by atoms with Crippen LogP contribution < -0.4 is 14.4 Å². The minimum atomic E-state index is -3.63. The van der Waals surface area contributed by atoms with Crippen molar-refractivity contribution in [2.24, 2.45) is 0 Å². The maximum atomic E-state index is 12.3. The number of benzene rings is 2. The monoisotopic (exact) mass is 396 g/mol. The van der Waals surface area contributed by atoms with Crippen molar-refractivity contribution < 1.29 is 17.9 Å². The molecule has 1 amide bonds. The molecule has 8 heteroatoms. The first-order chi connectivity index (χ1) is 12.2. The predicted molar refractivity (Wildman–Crippen MR) is 103 cm³/mol. The number of hydrogen-bond acceptors (Lipinski definition) is 4. The van der Waals surface area contributed by atoms with Gasteiger partial charge in [-0.15, -0.1) is 0 Å². The van der Waals surface area contributed by atoms with E-state index >= 15 is 0 Å². The van der Waals surface area contributed by atoms with Gasteiger partial charge in [-0.25, -0.2) is 8.42 Å². The topological polar surface area (TPSA) is 75.7 Å². The summed E-state index contributed by atoms with van der Waals surface area (Å²) in [6.45, 7) is 1.73. The molecule has 140 valence electrons. The first-order valence-electron chi connectivity index (χ1n) is 7.84. The van der Waals surface area contributed by atoms with Crippen LogP contribution in [0.2, 0.25) is 5.02 Å². The lowest BCUT2D eigenvalue weighted by atomic mass is 10.2. The fourth-order valence-electron chi connectivity index (χ4n) is 2.41. The summed E-state index contributed by atoms with van der Waals surface area (Å²) >= 11 is 5.92. The molecule has 1 N–H and O–H groups in total. The number of anilines is 1. The van der Waals surface area contributed by atoms with E-state index in [0.29, 0.717) is 22.8 Å². The van der Waals surface area contributed by atoms with Crippen molar-refractivity contribution in [1.29, 1.82) is 0 Å². The number of carbonyl (C=O) groups excluding carboxylic acids is 1. The zero-order valence-corrected chi connectivity index (χ0v) is 16.4. The van der Waals surface area contributed by atoms with E-state index in [-0.39, 0.29) is 6.54 Å². The van der Waals surface area contributed by atoms with Gasteiger partial charge in [-0.1, -0.05) is 23.7 Å². The van der Waals surface area contributed by atoms with Crippen LogP contribution in [0.4, 0.5) is 5.69 Å². The van der Waals surface area contributed by atoms with E-state index in [9.17, 15) is 13.2 Å². The molecule has 0 saturated heterocycles. The van der Waals surface area contributed by atoms with Crippen LogP contribution in [0.25, 0.3) is 0 Å². The number of nitrogens with zero attached hydrogens (tertiary/aromatic N) is 1. The number of nitrogens with one attached hydrogen (secondary N) is 1. The van der Waals surface area contributed by atoms with Gasteiger partial charge in [-0.05, 0) is 48.4 Å². The molecule has 0 heterocycles. The van der Waals surface area contributed by atoms with E-state index in [1.165, 1.54) is 0 Å². The molecule has 0 aromatic heterocycles. The fourth-order valence-corrected chi connectivity index (χ4v) is 3.55. The SMILES string of the molecule is COc1ccc(CNC(=O)CN(c2ccc(Cl)cc2C)S(C)(=O)=O)cc1. The molecular formula is C18H21ClN2O4S. The van der Waals surface area contributed by atoms with Crippen molar-refractivity contribution in [1.82, 2.24) is 5.32 Å². The van der Waals surface area contributed by atoms with E-state index in [4.69, 9.17) is 16.3 Å². The molecule has 2 rings (SSSR count). The van der Waals surface area contributed by atoms with Gasteiger partial charge in [0.05, 0.1) is 19.1 Å². The Bertz CT molecular complexity index is 883. The fraction of sp³-hybridized carbons (Fsp3) is 0.278. The van der Waals surface area contributed by atoms with Crippen LogP contribution in [0.3, 0.4) is 0 Å². The highest BCUT2D eigenvalue weighted by molar-refractivity contribution is 7.92. The highest BCUT2D eigenvalue weighted by atomic mass is 35.5. The third kappa shape index (κ3) is 5.37. The maximum Gasteiger partial charge on any atom is 0.241 e. The number of amides is 1. The molecule has 0 fully saturated rings. The summed E-state index contributed by atoms with van der Waals surface area (Å²) in [5, 5.41) is 3.23. The van der Waals surface area contributed by atoms with Gasteiger partial charge in [0.2, 0.25) is 15.9 Å². The van der Waals surface area contributed by atoms with Crippen molar-refractivity contribution >= 4 is 33.2 Å². The molecule has 0 bridgehead atoms. The van der Waals surface area contributed by atoms with Gasteiger partial charge < -0.3 is 10.1 Å². The van der Waals surface area contributed by atoms with Crippen LogP contribution >= 0.6 is 11.6 Å². The zero-order chi connectivity index (χ0) is 19.3. The standard InChI is InChI=1S/C18H21ClN2O4S/c1-13-10-15(19)6-9-17(13)21(26(3,23)24)12-18(22)20-11-14-4-7-16(25-2)8-5-14/h4-10H,11-12H2,1-3H3,(H,20,22). The van der Waals surface area contributed by atoms with E-state index < -0.39 is 15.9 Å². The van der Waals surface area contributed by atoms with Crippen molar-refractivity contribution in [3.05, 3.63) is 58.6 Å². The Hall–Kier alpha value is -2.25. The Morgan fingerprint density at radius 2 is 1.85 bits per heavy atom. The molecular weight excluding hydrogens is 376 g/mol. The quantitative estimate of drug-likeness (QED) is 0.780. The largest absolute Gasteiger partial charge is 0.497 e. The second-order valence-corrected chi connectivity index (χ2v) is 8.17. The summed E-state index contributed by atoms with van der Waals surface area (Å²) in [5.41, 5.74) is 1.98. The maximum absolute atomic E-state index is 12.3. The molecule has 0 radical (unpaired) electrons. The second-order valence-electron chi connectivity index (χ2n) is 5.83. The lowest BCUT2D eigenvalue weighted by molar-refractivity contribution is -0.119. The number of methoxy groups -OCH3 is 1. The average Bonchev–Trinajstić information content (AvgIpc) is 2.58. The van der Waals surface area contributed by atoms with E-state index in [0.717, 1.165) is 21.9 Å². The van der Waals surface area contributed by atoms with Crippen LogP contribution in [0.5, 0.6) is 5.75 Å². The number of hydrogen-bond donors (Lipinski definition) is 1. The van der Waals surface area contributed by atoms with Crippen LogP contribution in [0.15, 0.2) is 42.5 Å². The molecule has 0 aliphatic carbocycles. The predicted octanol–water partition coefficient (Wildman–Crippen LogP) is 2.74. The van der Waals surface area contributed by atoms with E-state index in [1.807, 2.05) is 12.1 Å². The first kappa shape index (κ1) is 20.1. The average molecular weight is 397 g/mol. The summed E-state index contributed by atoms with van der Waals surface area (Å²) in [6.07, 6.45) is 1.07. The van der Waals surface area contributed by atoms with Gasteiger partial charge in [-0.3, -0.25) is 9.10 Å². The Kier molecular flexibility index (Phi) is 6.50. The van der Waals surface area contributed by atoms with Crippen molar-refractivity contribution in [2.75, 3.05) is 24.2 Å². The Balaban J connectivity index is 2.09. The van der Waals surface area contributed by atoms with Gasteiger partial charge in [0, 0.05) is 11.6 Å². The molecule has 0 unspecified atom stereocenters. The Morgan fingerprint density at radius 3 is 2.38 bits per heavy atom. The first-order valence-corrected chi connectivity index (χ1v) is 10.1. The van der Waals surface area contributed by atoms with Gasteiger partial charge >= 0.3 is 0 Å². The minimum absolute atomic E-state index is 0.292. The number of sulfonamides is 1. The lowest BCUT2D eigenvalue weighted by Crippen LogP contribution is -2.40. The molecule has 2 aromatic rings. The smallest absolute Gasteiger partial charge is 0.241 e. The van der Waals surface area contributed by atoms with Crippen LogP contribution in [0, 0.1) is 6.92 Å². The highest BCUT2D eigenvalue weighted by Crippen LogP contribution is 2.25.